The minimum Gasteiger partial charge on any atom is -0.496 e. The van der Waals surface area contributed by atoms with E-state index in [2.05, 4.69) is 44.3 Å². The number of hydrogen-bond acceptors (Lipinski definition) is 2. The van der Waals surface area contributed by atoms with Crippen molar-refractivity contribution in [3.8, 4) is 5.75 Å². The van der Waals surface area contributed by atoms with E-state index in [0.29, 0.717) is 12.0 Å². The maximum Gasteiger partial charge on any atom is 0.123 e. The van der Waals surface area contributed by atoms with Crippen LogP contribution in [0.4, 0.5) is 0 Å². The minimum absolute atomic E-state index is 0.459. The average Bonchev–Trinajstić information content (AvgIpc) is 2.74. The third-order valence-corrected chi connectivity index (χ3v) is 3.65. The Morgan fingerprint density at radius 2 is 2.12 bits per heavy atom. The van der Waals surface area contributed by atoms with Crippen LogP contribution in [-0.4, -0.2) is 13.7 Å². The highest BCUT2D eigenvalue weighted by Crippen LogP contribution is 2.34. The van der Waals surface area contributed by atoms with Crippen LogP contribution in [0.15, 0.2) is 18.2 Å². The number of methoxy groups -OCH3 is 1. The first kappa shape index (κ1) is 12.4. The van der Waals surface area contributed by atoms with Crippen LogP contribution in [0.3, 0.4) is 0 Å². The van der Waals surface area contributed by atoms with Crippen LogP contribution in [-0.2, 0) is 0 Å². The molecule has 0 aromatic heterocycles. The summed E-state index contributed by atoms with van der Waals surface area (Å²) < 4.78 is 5.54. The molecule has 0 aliphatic carbocycles. The SMILES string of the molecule is COc1cc(C(C)C)ccc1[C@H]1C[C@H](C)CN1. The minimum atomic E-state index is 0.459. The quantitative estimate of drug-likeness (QED) is 0.863. The topological polar surface area (TPSA) is 21.3 Å². The Hall–Kier alpha value is -1.02. The first-order valence-electron chi connectivity index (χ1n) is 6.53. The van der Waals surface area contributed by atoms with Gasteiger partial charge >= 0.3 is 0 Å². The van der Waals surface area contributed by atoms with E-state index in [0.717, 1.165) is 18.2 Å². The first-order valence-corrected chi connectivity index (χ1v) is 6.53. The Bertz CT molecular complexity index is 387. The van der Waals surface area contributed by atoms with Gasteiger partial charge in [0.1, 0.15) is 5.75 Å². The van der Waals surface area contributed by atoms with Crippen molar-refractivity contribution in [3.63, 3.8) is 0 Å². The van der Waals surface area contributed by atoms with Crippen molar-refractivity contribution >= 4 is 0 Å². The summed E-state index contributed by atoms with van der Waals surface area (Å²) in [4.78, 5) is 0. The van der Waals surface area contributed by atoms with E-state index < -0.39 is 0 Å². The van der Waals surface area contributed by atoms with Crippen molar-refractivity contribution in [2.75, 3.05) is 13.7 Å². The monoisotopic (exact) mass is 233 g/mol. The molecule has 17 heavy (non-hydrogen) atoms. The molecule has 2 rings (SSSR count). The lowest BCUT2D eigenvalue weighted by Gasteiger charge is -2.17. The van der Waals surface area contributed by atoms with E-state index >= 15 is 0 Å². The molecule has 94 valence electrons. The molecule has 2 atom stereocenters. The van der Waals surface area contributed by atoms with Crippen molar-refractivity contribution in [1.29, 1.82) is 0 Å². The van der Waals surface area contributed by atoms with Gasteiger partial charge in [0.05, 0.1) is 7.11 Å². The van der Waals surface area contributed by atoms with Crippen LogP contribution in [0.25, 0.3) is 0 Å². The lowest BCUT2D eigenvalue weighted by atomic mass is 9.96. The fourth-order valence-corrected chi connectivity index (χ4v) is 2.52. The number of ether oxygens (including phenoxy) is 1. The summed E-state index contributed by atoms with van der Waals surface area (Å²) in [5.41, 5.74) is 2.65. The zero-order chi connectivity index (χ0) is 12.4. The van der Waals surface area contributed by atoms with Gasteiger partial charge in [-0.1, -0.05) is 32.9 Å². The van der Waals surface area contributed by atoms with Crippen molar-refractivity contribution in [1.82, 2.24) is 5.32 Å². The van der Waals surface area contributed by atoms with Crippen molar-refractivity contribution in [2.24, 2.45) is 5.92 Å². The summed E-state index contributed by atoms with van der Waals surface area (Å²) in [6, 6.07) is 7.10. The third-order valence-electron chi connectivity index (χ3n) is 3.65. The zero-order valence-corrected chi connectivity index (χ0v) is 11.3. The summed E-state index contributed by atoms with van der Waals surface area (Å²) in [5.74, 6) is 2.34. The molecule has 0 amide bonds. The molecule has 0 unspecified atom stereocenters. The van der Waals surface area contributed by atoms with Gasteiger partial charge < -0.3 is 10.1 Å². The van der Waals surface area contributed by atoms with Crippen molar-refractivity contribution < 1.29 is 4.74 Å². The van der Waals surface area contributed by atoms with E-state index in [1.807, 2.05) is 0 Å². The molecule has 1 aliphatic heterocycles. The van der Waals surface area contributed by atoms with Gasteiger partial charge in [-0.15, -0.1) is 0 Å². The maximum atomic E-state index is 5.54. The van der Waals surface area contributed by atoms with E-state index in [4.69, 9.17) is 4.74 Å². The van der Waals surface area contributed by atoms with Crippen molar-refractivity contribution in [2.45, 2.75) is 39.2 Å². The Morgan fingerprint density at radius 1 is 1.35 bits per heavy atom. The van der Waals surface area contributed by atoms with E-state index in [1.165, 1.54) is 17.5 Å². The second-order valence-electron chi connectivity index (χ2n) is 5.46. The summed E-state index contributed by atoms with van der Waals surface area (Å²) in [6.45, 7) is 7.83. The summed E-state index contributed by atoms with van der Waals surface area (Å²) in [5, 5.41) is 3.57. The van der Waals surface area contributed by atoms with E-state index in [9.17, 15) is 0 Å². The lowest BCUT2D eigenvalue weighted by molar-refractivity contribution is 0.402. The first-order chi connectivity index (χ1) is 8.11. The smallest absolute Gasteiger partial charge is 0.123 e. The molecule has 0 saturated carbocycles. The summed E-state index contributed by atoms with van der Waals surface area (Å²) >= 11 is 0. The van der Waals surface area contributed by atoms with Gasteiger partial charge in [0.15, 0.2) is 0 Å². The predicted octanol–water partition coefficient (Wildman–Crippen LogP) is 3.49. The van der Waals surface area contributed by atoms with Gasteiger partial charge in [0.25, 0.3) is 0 Å². The largest absolute Gasteiger partial charge is 0.496 e. The van der Waals surface area contributed by atoms with Gasteiger partial charge in [-0.3, -0.25) is 0 Å². The normalized spacial score (nSPS) is 24.3. The summed E-state index contributed by atoms with van der Waals surface area (Å²) in [7, 11) is 1.77. The highest BCUT2D eigenvalue weighted by molar-refractivity contribution is 5.41. The molecule has 2 heteroatoms. The van der Waals surface area contributed by atoms with Gasteiger partial charge in [-0.2, -0.15) is 0 Å². The molecular formula is C15H23NO. The molecule has 0 spiro atoms. The summed E-state index contributed by atoms with van der Waals surface area (Å²) in [6.07, 6.45) is 1.21. The van der Waals surface area contributed by atoms with Crippen molar-refractivity contribution in [3.05, 3.63) is 29.3 Å². The molecule has 1 aromatic rings. The Labute approximate surface area is 104 Å². The predicted molar refractivity (Wildman–Crippen MR) is 71.6 cm³/mol. The number of hydrogen-bond donors (Lipinski definition) is 1. The van der Waals surface area contributed by atoms with Crippen LogP contribution in [0.1, 0.15) is 50.3 Å². The Morgan fingerprint density at radius 3 is 2.65 bits per heavy atom. The van der Waals surface area contributed by atoms with Gasteiger partial charge in [-0.25, -0.2) is 0 Å². The molecule has 0 bridgehead atoms. The molecule has 1 fully saturated rings. The second-order valence-corrected chi connectivity index (χ2v) is 5.46. The van der Waals surface area contributed by atoms with Crippen LogP contribution in [0.5, 0.6) is 5.75 Å². The molecule has 0 radical (unpaired) electrons. The van der Waals surface area contributed by atoms with Crippen LogP contribution < -0.4 is 10.1 Å². The number of nitrogens with one attached hydrogen (secondary N) is 1. The molecular weight excluding hydrogens is 210 g/mol. The highest BCUT2D eigenvalue weighted by Gasteiger charge is 2.24. The number of rotatable bonds is 3. The van der Waals surface area contributed by atoms with Gasteiger partial charge in [0.2, 0.25) is 0 Å². The zero-order valence-electron chi connectivity index (χ0n) is 11.3. The van der Waals surface area contributed by atoms with Crippen LogP contribution in [0.2, 0.25) is 0 Å². The molecule has 2 nitrogen and oxygen atoms in total. The Kier molecular flexibility index (Phi) is 3.72. The maximum absolute atomic E-state index is 5.54. The van der Waals surface area contributed by atoms with Crippen LogP contribution >= 0.6 is 0 Å². The van der Waals surface area contributed by atoms with E-state index in [-0.39, 0.29) is 0 Å². The molecule has 1 heterocycles. The Balaban J connectivity index is 2.28. The second kappa shape index (κ2) is 5.09. The van der Waals surface area contributed by atoms with Crippen LogP contribution in [0, 0.1) is 5.92 Å². The highest BCUT2D eigenvalue weighted by atomic mass is 16.5. The average molecular weight is 233 g/mol. The molecule has 1 aromatic carbocycles. The third kappa shape index (κ3) is 2.63. The molecule has 1 saturated heterocycles. The lowest BCUT2D eigenvalue weighted by Crippen LogP contribution is -2.14. The number of benzene rings is 1. The van der Waals surface area contributed by atoms with Gasteiger partial charge in [0, 0.05) is 11.6 Å². The molecule has 1 aliphatic rings. The standard InChI is InChI=1S/C15H23NO/c1-10(2)12-5-6-13(15(8-12)17-4)14-7-11(3)9-16-14/h5-6,8,10-11,14,16H,7,9H2,1-4H3/t11-,14+/m0/s1. The fraction of sp³-hybridized carbons (Fsp3) is 0.600. The van der Waals surface area contributed by atoms with E-state index in [1.54, 1.807) is 7.11 Å². The molecule has 1 N–H and O–H groups in total. The van der Waals surface area contributed by atoms with Gasteiger partial charge in [-0.05, 0) is 36.4 Å². The fourth-order valence-electron chi connectivity index (χ4n) is 2.52.